The summed E-state index contributed by atoms with van der Waals surface area (Å²) in [6.45, 7) is 4.44. The normalized spacial score (nSPS) is 22.5. The van der Waals surface area contributed by atoms with Gasteiger partial charge in [0.1, 0.15) is 0 Å². The van der Waals surface area contributed by atoms with Gasteiger partial charge in [0.15, 0.2) is 0 Å². The summed E-state index contributed by atoms with van der Waals surface area (Å²) < 4.78 is 10.0. The van der Waals surface area contributed by atoms with Crippen LogP contribution in [0.4, 0.5) is 4.79 Å². The standard InChI is InChI=1S/C12H22N2O5/c1-9-7-14(8-10(9)11(15)16)12(17)13-3-4-19-6-5-18-2/h9-10H,3-8H2,1-2H3,(H,13,17)(H,15,16)/t9-,10-/m1/s1. The second kappa shape index (κ2) is 7.96. The zero-order valence-electron chi connectivity index (χ0n) is 11.4. The van der Waals surface area contributed by atoms with Crippen LogP contribution in [0, 0.1) is 11.8 Å². The van der Waals surface area contributed by atoms with Crippen LogP contribution in [0.25, 0.3) is 0 Å². The van der Waals surface area contributed by atoms with E-state index in [1.165, 1.54) is 0 Å². The second-order valence-electron chi connectivity index (χ2n) is 4.66. The molecular weight excluding hydrogens is 252 g/mol. The molecule has 1 saturated heterocycles. The minimum atomic E-state index is -0.842. The van der Waals surface area contributed by atoms with Gasteiger partial charge in [-0.3, -0.25) is 4.79 Å². The number of carbonyl (C=O) groups is 2. The molecule has 0 aromatic rings. The van der Waals surface area contributed by atoms with Crippen LogP contribution in [0.2, 0.25) is 0 Å². The lowest BCUT2D eigenvalue weighted by atomic mass is 9.99. The van der Waals surface area contributed by atoms with Gasteiger partial charge in [0, 0.05) is 26.7 Å². The summed E-state index contributed by atoms with van der Waals surface area (Å²) in [5.41, 5.74) is 0. The Labute approximate surface area is 112 Å². The van der Waals surface area contributed by atoms with Gasteiger partial charge in [0.05, 0.1) is 25.7 Å². The highest BCUT2D eigenvalue weighted by molar-refractivity contribution is 5.77. The van der Waals surface area contributed by atoms with Crippen LogP contribution in [0.5, 0.6) is 0 Å². The third-order valence-electron chi connectivity index (χ3n) is 3.17. The number of nitrogens with one attached hydrogen (secondary N) is 1. The number of methoxy groups -OCH3 is 1. The van der Waals surface area contributed by atoms with Gasteiger partial charge in [-0.15, -0.1) is 0 Å². The lowest BCUT2D eigenvalue weighted by Gasteiger charge is -2.16. The number of hydrogen-bond acceptors (Lipinski definition) is 4. The predicted octanol–water partition coefficient (Wildman–Crippen LogP) is 0.0115. The summed E-state index contributed by atoms with van der Waals surface area (Å²) in [4.78, 5) is 24.3. The Bertz CT molecular complexity index is 310. The first kappa shape index (κ1) is 15.7. The lowest BCUT2D eigenvalue weighted by Crippen LogP contribution is -2.40. The van der Waals surface area contributed by atoms with Crippen molar-refractivity contribution >= 4 is 12.0 Å². The quantitative estimate of drug-likeness (QED) is 0.639. The van der Waals surface area contributed by atoms with E-state index in [-0.39, 0.29) is 18.5 Å². The molecule has 0 aromatic carbocycles. The van der Waals surface area contributed by atoms with Crippen molar-refractivity contribution in [3.05, 3.63) is 0 Å². The fraction of sp³-hybridized carbons (Fsp3) is 0.833. The highest BCUT2D eigenvalue weighted by Gasteiger charge is 2.36. The molecule has 2 N–H and O–H groups in total. The Morgan fingerprint density at radius 1 is 1.32 bits per heavy atom. The van der Waals surface area contributed by atoms with E-state index in [1.54, 1.807) is 12.0 Å². The van der Waals surface area contributed by atoms with Gasteiger partial charge in [0.25, 0.3) is 0 Å². The van der Waals surface area contributed by atoms with E-state index < -0.39 is 11.9 Å². The summed E-state index contributed by atoms with van der Waals surface area (Å²) in [6, 6.07) is -0.231. The van der Waals surface area contributed by atoms with Gasteiger partial charge in [-0.25, -0.2) is 4.79 Å². The van der Waals surface area contributed by atoms with Crippen molar-refractivity contribution < 1.29 is 24.2 Å². The van der Waals surface area contributed by atoms with Crippen LogP contribution >= 0.6 is 0 Å². The average Bonchev–Trinajstić information content (AvgIpc) is 2.75. The molecule has 19 heavy (non-hydrogen) atoms. The molecule has 1 rings (SSSR count). The molecule has 0 radical (unpaired) electrons. The molecule has 0 unspecified atom stereocenters. The molecule has 2 atom stereocenters. The lowest BCUT2D eigenvalue weighted by molar-refractivity contribution is -0.142. The molecule has 0 aliphatic carbocycles. The van der Waals surface area contributed by atoms with E-state index in [0.717, 1.165) is 0 Å². The molecule has 7 nitrogen and oxygen atoms in total. The summed E-state index contributed by atoms with van der Waals surface area (Å²) >= 11 is 0. The van der Waals surface area contributed by atoms with E-state index in [4.69, 9.17) is 14.6 Å². The number of hydrogen-bond donors (Lipinski definition) is 2. The SMILES string of the molecule is COCCOCCNC(=O)N1C[C@@H](C)[C@H](C(=O)O)C1. The monoisotopic (exact) mass is 274 g/mol. The number of urea groups is 1. The number of carbonyl (C=O) groups excluding carboxylic acids is 1. The van der Waals surface area contributed by atoms with Crippen LogP contribution in [0.1, 0.15) is 6.92 Å². The molecule has 1 aliphatic heterocycles. The number of carboxylic acids is 1. The van der Waals surface area contributed by atoms with Crippen molar-refractivity contribution in [2.24, 2.45) is 11.8 Å². The molecule has 7 heteroatoms. The number of rotatable bonds is 7. The minimum absolute atomic E-state index is 0.0128. The highest BCUT2D eigenvalue weighted by atomic mass is 16.5. The number of nitrogens with zero attached hydrogens (tertiary/aromatic N) is 1. The Morgan fingerprint density at radius 2 is 2.05 bits per heavy atom. The number of likely N-dealkylation sites (tertiary alicyclic amines) is 1. The van der Waals surface area contributed by atoms with Crippen molar-refractivity contribution in [3.63, 3.8) is 0 Å². The molecule has 0 aromatic heterocycles. The van der Waals surface area contributed by atoms with Gasteiger partial charge in [-0.2, -0.15) is 0 Å². The van der Waals surface area contributed by atoms with Crippen molar-refractivity contribution in [2.45, 2.75) is 6.92 Å². The van der Waals surface area contributed by atoms with Crippen molar-refractivity contribution in [3.8, 4) is 0 Å². The molecule has 110 valence electrons. The molecule has 1 aliphatic rings. The van der Waals surface area contributed by atoms with Gasteiger partial charge < -0.3 is 24.8 Å². The second-order valence-corrected chi connectivity index (χ2v) is 4.66. The van der Waals surface area contributed by atoms with Gasteiger partial charge in [-0.05, 0) is 5.92 Å². The molecule has 1 fully saturated rings. The fourth-order valence-electron chi connectivity index (χ4n) is 2.04. The van der Waals surface area contributed by atoms with E-state index in [0.29, 0.717) is 32.9 Å². The van der Waals surface area contributed by atoms with Crippen LogP contribution < -0.4 is 5.32 Å². The van der Waals surface area contributed by atoms with E-state index in [2.05, 4.69) is 5.32 Å². The summed E-state index contributed by atoms with van der Waals surface area (Å²) in [6.07, 6.45) is 0. The topological polar surface area (TPSA) is 88.1 Å². The van der Waals surface area contributed by atoms with E-state index in [9.17, 15) is 9.59 Å². The number of carboxylic acid groups (broad SMARTS) is 1. The smallest absolute Gasteiger partial charge is 0.317 e. The molecular formula is C12H22N2O5. The maximum Gasteiger partial charge on any atom is 0.317 e. The molecule has 2 amide bonds. The van der Waals surface area contributed by atoms with Crippen molar-refractivity contribution in [2.75, 3.05) is 46.6 Å². The van der Waals surface area contributed by atoms with Gasteiger partial charge in [0.2, 0.25) is 0 Å². The zero-order chi connectivity index (χ0) is 14.3. The van der Waals surface area contributed by atoms with E-state index >= 15 is 0 Å². The first-order chi connectivity index (χ1) is 9.06. The van der Waals surface area contributed by atoms with Gasteiger partial charge in [-0.1, -0.05) is 6.92 Å². The Morgan fingerprint density at radius 3 is 2.63 bits per heavy atom. The van der Waals surface area contributed by atoms with Gasteiger partial charge >= 0.3 is 12.0 Å². The predicted molar refractivity (Wildman–Crippen MR) is 68.0 cm³/mol. The minimum Gasteiger partial charge on any atom is -0.481 e. The maximum absolute atomic E-state index is 11.8. The fourth-order valence-corrected chi connectivity index (χ4v) is 2.04. The summed E-state index contributed by atoms with van der Waals surface area (Å²) in [5.74, 6) is -1.32. The number of aliphatic carboxylic acids is 1. The first-order valence-corrected chi connectivity index (χ1v) is 6.38. The van der Waals surface area contributed by atoms with Crippen molar-refractivity contribution in [1.29, 1.82) is 0 Å². The first-order valence-electron chi connectivity index (χ1n) is 6.38. The number of ether oxygens (including phenoxy) is 2. The Kier molecular flexibility index (Phi) is 6.58. The van der Waals surface area contributed by atoms with Crippen LogP contribution in [-0.2, 0) is 14.3 Å². The molecule has 1 heterocycles. The van der Waals surface area contributed by atoms with Crippen LogP contribution in [0.15, 0.2) is 0 Å². The Balaban J connectivity index is 2.19. The molecule has 0 saturated carbocycles. The van der Waals surface area contributed by atoms with Crippen LogP contribution in [0.3, 0.4) is 0 Å². The molecule has 0 bridgehead atoms. The zero-order valence-corrected chi connectivity index (χ0v) is 11.4. The summed E-state index contributed by atoms with van der Waals surface area (Å²) in [5, 5.41) is 11.7. The van der Waals surface area contributed by atoms with Crippen molar-refractivity contribution in [1.82, 2.24) is 10.2 Å². The average molecular weight is 274 g/mol. The number of amides is 2. The Hall–Kier alpha value is -1.34. The largest absolute Gasteiger partial charge is 0.481 e. The summed E-state index contributed by atoms with van der Waals surface area (Å²) in [7, 11) is 1.60. The van der Waals surface area contributed by atoms with Crippen LogP contribution in [-0.4, -0.2) is 68.6 Å². The van der Waals surface area contributed by atoms with E-state index in [1.807, 2.05) is 6.92 Å². The molecule has 0 spiro atoms. The maximum atomic E-state index is 11.8. The third kappa shape index (κ3) is 5.04. The highest BCUT2D eigenvalue weighted by Crippen LogP contribution is 2.22. The third-order valence-corrected chi connectivity index (χ3v) is 3.17.